The largest absolute Gasteiger partial charge is 0.334 e. The molecule has 1 aliphatic carbocycles. The van der Waals surface area contributed by atoms with Gasteiger partial charge in [-0.3, -0.25) is 19.1 Å². The molecule has 3 heterocycles. The first-order chi connectivity index (χ1) is 13.0. The van der Waals surface area contributed by atoms with Gasteiger partial charge in [-0.25, -0.2) is 9.78 Å². The second-order valence-electron chi connectivity index (χ2n) is 6.48. The van der Waals surface area contributed by atoms with Crippen LogP contribution in [0.5, 0.6) is 0 Å². The zero-order chi connectivity index (χ0) is 19.1. The Morgan fingerprint density at radius 2 is 2.19 bits per heavy atom. The molecule has 1 amide bonds. The maximum atomic E-state index is 12.9. The Morgan fingerprint density at radius 1 is 1.41 bits per heavy atom. The molecule has 0 bridgehead atoms. The molecule has 1 aliphatic rings. The number of aromatic nitrogens is 3. The van der Waals surface area contributed by atoms with E-state index in [0.717, 1.165) is 17.7 Å². The van der Waals surface area contributed by atoms with Gasteiger partial charge in [-0.05, 0) is 38.0 Å². The topological polar surface area (TPSA) is 88.1 Å². The van der Waals surface area contributed by atoms with Crippen LogP contribution in [-0.4, -0.2) is 31.9 Å². The summed E-state index contributed by atoms with van der Waals surface area (Å²) in [6.45, 7) is 2.83. The second kappa shape index (κ2) is 6.94. The number of nitrogens with one attached hydrogen (secondary N) is 1. The highest BCUT2D eigenvalue weighted by Crippen LogP contribution is 2.34. The fourth-order valence-electron chi connectivity index (χ4n) is 3.06. The van der Waals surface area contributed by atoms with Crippen LogP contribution in [0.2, 0.25) is 4.34 Å². The van der Waals surface area contributed by atoms with E-state index in [1.54, 1.807) is 11.0 Å². The van der Waals surface area contributed by atoms with E-state index in [0.29, 0.717) is 28.6 Å². The third kappa shape index (κ3) is 3.42. The molecule has 0 atom stereocenters. The molecule has 140 valence electrons. The number of fused-ring (bicyclic) bond motifs is 1. The van der Waals surface area contributed by atoms with Crippen molar-refractivity contribution in [2.45, 2.75) is 32.4 Å². The van der Waals surface area contributed by atoms with Gasteiger partial charge in [0, 0.05) is 23.7 Å². The summed E-state index contributed by atoms with van der Waals surface area (Å²) in [6.07, 6.45) is 3.21. The maximum absolute atomic E-state index is 12.9. The van der Waals surface area contributed by atoms with E-state index < -0.39 is 11.2 Å². The zero-order valence-electron chi connectivity index (χ0n) is 14.6. The highest BCUT2D eigenvalue weighted by atomic mass is 35.5. The van der Waals surface area contributed by atoms with E-state index >= 15 is 0 Å². The van der Waals surface area contributed by atoms with Gasteiger partial charge in [-0.1, -0.05) is 11.6 Å². The Morgan fingerprint density at radius 3 is 2.81 bits per heavy atom. The number of hydrogen-bond acceptors (Lipinski definition) is 5. The van der Waals surface area contributed by atoms with Gasteiger partial charge < -0.3 is 4.90 Å². The quantitative estimate of drug-likeness (QED) is 0.708. The molecule has 1 N–H and O–H groups in total. The Hall–Kier alpha value is -2.45. The van der Waals surface area contributed by atoms with Crippen molar-refractivity contribution in [3.05, 3.63) is 60.0 Å². The van der Waals surface area contributed by atoms with Crippen molar-refractivity contribution in [2.75, 3.05) is 6.54 Å². The predicted molar refractivity (Wildman–Crippen MR) is 105 cm³/mol. The summed E-state index contributed by atoms with van der Waals surface area (Å²) >= 11 is 7.39. The van der Waals surface area contributed by atoms with Crippen molar-refractivity contribution >= 4 is 39.9 Å². The van der Waals surface area contributed by atoms with E-state index in [4.69, 9.17) is 11.6 Å². The number of carbonyl (C=O) groups is 1. The van der Waals surface area contributed by atoms with E-state index in [1.807, 2.05) is 13.0 Å². The number of H-pyrrole nitrogens is 1. The van der Waals surface area contributed by atoms with Gasteiger partial charge in [-0.2, -0.15) is 0 Å². The first kappa shape index (κ1) is 17.9. The molecular formula is C18H17ClN4O3S. The summed E-state index contributed by atoms with van der Waals surface area (Å²) in [5.41, 5.74) is -0.331. The second-order valence-corrected chi connectivity index (χ2v) is 8.28. The molecule has 0 aromatic carbocycles. The fourth-order valence-corrected chi connectivity index (χ4v) is 4.16. The van der Waals surface area contributed by atoms with E-state index in [9.17, 15) is 14.4 Å². The summed E-state index contributed by atoms with van der Waals surface area (Å²) in [5, 5.41) is 0.252. The summed E-state index contributed by atoms with van der Waals surface area (Å²) in [5.74, 6) is -0.222. The van der Waals surface area contributed by atoms with Crippen molar-refractivity contribution in [3.8, 4) is 0 Å². The zero-order valence-corrected chi connectivity index (χ0v) is 16.1. The van der Waals surface area contributed by atoms with Crippen molar-refractivity contribution in [1.29, 1.82) is 0 Å². The monoisotopic (exact) mass is 404 g/mol. The molecule has 3 aromatic rings. The summed E-state index contributed by atoms with van der Waals surface area (Å²) < 4.78 is 2.18. The lowest BCUT2D eigenvalue weighted by Gasteiger charge is -2.20. The molecule has 4 rings (SSSR count). The van der Waals surface area contributed by atoms with Gasteiger partial charge in [0.2, 0.25) is 0 Å². The highest BCUT2D eigenvalue weighted by Gasteiger charge is 2.28. The average Bonchev–Trinajstić information content (AvgIpc) is 3.40. The Labute approximate surface area is 163 Å². The summed E-state index contributed by atoms with van der Waals surface area (Å²) in [7, 11) is 0. The molecule has 1 saturated carbocycles. The number of aromatic amines is 1. The Balaban J connectivity index is 1.71. The van der Waals surface area contributed by atoms with E-state index in [1.165, 1.54) is 28.2 Å². The van der Waals surface area contributed by atoms with Gasteiger partial charge in [0.1, 0.15) is 5.65 Å². The molecule has 0 radical (unpaired) electrons. The normalized spacial score (nSPS) is 13.9. The molecule has 7 nitrogen and oxygen atoms in total. The number of nitrogens with zero attached hydrogens (tertiary/aromatic N) is 3. The van der Waals surface area contributed by atoms with Gasteiger partial charge in [0.25, 0.3) is 11.5 Å². The summed E-state index contributed by atoms with van der Waals surface area (Å²) in [4.78, 5) is 46.5. The Bertz CT molecular complexity index is 1150. The lowest BCUT2D eigenvalue weighted by Crippen LogP contribution is -2.32. The van der Waals surface area contributed by atoms with Crippen LogP contribution in [-0.2, 0) is 6.54 Å². The Kier molecular flexibility index (Phi) is 4.61. The minimum absolute atomic E-state index is 0.0709. The molecule has 0 unspecified atom stereocenters. The number of amides is 1. The van der Waals surface area contributed by atoms with Crippen molar-refractivity contribution < 1.29 is 4.79 Å². The molecule has 1 fully saturated rings. The van der Waals surface area contributed by atoms with Crippen LogP contribution in [0.15, 0.2) is 34.0 Å². The number of carbonyl (C=O) groups excluding carboxylic acids is 1. The predicted octanol–water partition coefficient (Wildman–Crippen LogP) is 2.80. The minimum Gasteiger partial charge on any atom is -0.334 e. The first-order valence-electron chi connectivity index (χ1n) is 8.66. The first-order valence-corrected chi connectivity index (χ1v) is 9.85. The fraction of sp³-hybridized carbons (Fsp3) is 0.333. The van der Waals surface area contributed by atoms with Crippen molar-refractivity contribution in [2.24, 2.45) is 0 Å². The van der Waals surface area contributed by atoms with Gasteiger partial charge in [0.15, 0.2) is 0 Å². The SMILES string of the molecule is CCN(Cc1ccc(Cl)s1)C(=O)c1cnc2c(c1)c(=O)[nH]c(=O)n2C1CC1. The van der Waals surface area contributed by atoms with Gasteiger partial charge in [-0.15, -0.1) is 11.3 Å². The van der Waals surface area contributed by atoms with Crippen molar-refractivity contribution in [1.82, 2.24) is 19.4 Å². The number of rotatable bonds is 5. The van der Waals surface area contributed by atoms with Crippen LogP contribution in [0.1, 0.15) is 41.0 Å². The van der Waals surface area contributed by atoms with Crippen LogP contribution in [0.4, 0.5) is 0 Å². The van der Waals surface area contributed by atoms with Crippen LogP contribution in [0, 0.1) is 0 Å². The number of thiophene rings is 1. The molecule has 0 spiro atoms. The van der Waals surface area contributed by atoms with Crippen LogP contribution >= 0.6 is 22.9 Å². The van der Waals surface area contributed by atoms with Gasteiger partial charge >= 0.3 is 5.69 Å². The molecule has 27 heavy (non-hydrogen) atoms. The van der Waals surface area contributed by atoms with Crippen molar-refractivity contribution in [3.63, 3.8) is 0 Å². The molecule has 9 heteroatoms. The number of halogens is 1. The van der Waals surface area contributed by atoms with Crippen LogP contribution in [0.3, 0.4) is 0 Å². The molecule has 0 aliphatic heterocycles. The van der Waals surface area contributed by atoms with E-state index in [-0.39, 0.29) is 17.3 Å². The average molecular weight is 405 g/mol. The molecule has 3 aromatic heterocycles. The highest BCUT2D eigenvalue weighted by molar-refractivity contribution is 7.16. The number of hydrogen-bond donors (Lipinski definition) is 1. The number of pyridine rings is 1. The third-order valence-electron chi connectivity index (χ3n) is 4.58. The van der Waals surface area contributed by atoms with E-state index in [2.05, 4.69) is 9.97 Å². The summed E-state index contributed by atoms with van der Waals surface area (Å²) in [6, 6.07) is 5.28. The smallest absolute Gasteiger partial charge is 0.330 e. The van der Waals surface area contributed by atoms with Crippen LogP contribution < -0.4 is 11.2 Å². The lowest BCUT2D eigenvalue weighted by atomic mass is 10.2. The standard InChI is InChI=1S/C18H17ClN4O3S/c1-2-22(9-12-5-6-14(19)27-12)17(25)10-7-13-15(20-8-10)23(11-3-4-11)18(26)21-16(13)24/h5-8,11H,2-4,9H2,1H3,(H,21,24,26). The third-order valence-corrected chi connectivity index (χ3v) is 5.80. The maximum Gasteiger partial charge on any atom is 0.330 e. The van der Waals surface area contributed by atoms with Gasteiger partial charge in [0.05, 0.1) is 21.8 Å². The lowest BCUT2D eigenvalue weighted by molar-refractivity contribution is 0.0754. The molecular weight excluding hydrogens is 388 g/mol. The minimum atomic E-state index is -0.526. The van der Waals surface area contributed by atoms with Crippen LogP contribution in [0.25, 0.3) is 11.0 Å². The molecule has 0 saturated heterocycles.